The number of nitriles is 1. The first-order valence-electron chi connectivity index (χ1n) is 6.07. The van der Waals surface area contributed by atoms with Crippen LogP contribution < -0.4 is 15.8 Å². The number of carbonyl (C=O) groups is 1. The minimum atomic E-state index is -0.300. The molecule has 2 aromatic carbocycles. The number of para-hydroxylation sites is 1. The summed E-state index contributed by atoms with van der Waals surface area (Å²) < 4.78 is 6.14. The van der Waals surface area contributed by atoms with Crippen LogP contribution in [0.2, 0.25) is 0 Å². The van der Waals surface area contributed by atoms with E-state index in [0.29, 0.717) is 22.7 Å². The molecule has 0 heterocycles. The van der Waals surface area contributed by atoms with E-state index in [-0.39, 0.29) is 12.5 Å². The van der Waals surface area contributed by atoms with Gasteiger partial charge in [0.1, 0.15) is 5.75 Å². The number of nitrogen functional groups attached to an aromatic ring is 1. The van der Waals surface area contributed by atoms with Gasteiger partial charge < -0.3 is 15.8 Å². The maximum Gasteiger partial charge on any atom is 0.262 e. The van der Waals surface area contributed by atoms with Crippen LogP contribution in [0.1, 0.15) is 5.56 Å². The average molecular weight is 346 g/mol. The van der Waals surface area contributed by atoms with E-state index in [4.69, 9.17) is 15.7 Å². The molecule has 106 valence electrons. The monoisotopic (exact) mass is 345 g/mol. The van der Waals surface area contributed by atoms with Crippen LogP contribution in [0.25, 0.3) is 0 Å². The molecule has 0 aliphatic rings. The van der Waals surface area contributed by atoms with Crippen molar-refractivity contribution in [3.05, 3.63) is 52.5 Å². The SMILES string of the molecule is N#Cc1ccc(OCC(=O)Nc2ccccc2Br)c(N)c1. The molecule has 0 saturated heterocycles. The van der Waals surface area contributed by atoms with Gasteiger partial charge in [0.2, 0.25) is 0 Å². The van der Waals surface area contributed by atoms with Gasteiger partial charge in [-0.2, -0.15) is 5.26 Å². The maximum absolute atomic E-state index is 11.8. The van der Waals surface area contributed by atoms with Crippen molar-refractivity contribution in [2.75, 3.05) is 17.7 Å². The van der Waals surface area contributed by atoms with Gasteiger partial charge in [-0.15, -0.1) is 0 Å². The number of anilines is 2. The third-order valence-electron chi connectivity index (χ3n) is 2.65. The maximum atomic E-state index is 11.8. The molecule has 0 spiro atoms. The standard InChI is InChI=1S/C15H12BrN3O2/c16-11-3-1-2-4-13(11)19-15(20)9-21-14-6-5-10(8-17)7-12(14)18/h1-7H,9,18H2,(H,19,20). The van der Waals surface area contributed by atoms with E-state index in [1.54, 1.807) is 18.2 Å². The van der Waals surface area contributed by atoms with E-state index >= 15 is 0 Å². The smallest absolute Gasteiger partial charge is 0.262 e. The number of rotatable bonds is 4. The van der Waals surface area contributed by atoms with Crippen molar-refractivity contribution in [3.8, 4) is 11.8 Å². The summed E-state index contributed by atoms with van der Waals surface area (Å²) in [4.78, 5) is 11.8. The predicted molar refractivity (Wildman–Crippen MR) is 83.8 cm³/mol. The first-order chi connectivity index (χ1) is 10.1. The van der Waals surface area contributed by atoms with Gasteiger partial charge in [-0.3, -0.25) is 4.79 Å². The lowest BCUT2D eigenvalue weighted by Crippen LogP contribution is -2.20. The van der Waals surface area contributed by atoms with E-state index in [0.717, 1.165) is 4.47 Å². The number of ether oxygens (including phenoxy) is 1. The molecule has 3 N–H and O–H groups in total. The molecular formula is C15H12BrN3O2. The molecule has 0 aliphatic heterocycles. The number of carbonyl (C=O) groups excluding carboxylic acids is 1. The second-order valence-electron chi connectivity index (χ2n) is 4.18. The van der Waals surface area contributed by atoms with Gasteiger partial charge in [-0.25, -0.2) is 0 Å². The van der Waals surface area contributed by atoms with Crippen LogP contribution in [0.4, 0.5) is 11.4 Å². The molecule has 1 amide bonds. The van der Waals surface area contributed by atoms with Gasteiger partial charge in [-0.1, -0.05) is 12.1 Å². The molecule has 2 aromatic rings. The fourth-order valence-electron chi connectivity index (χ4n) is 1.64. The Balaban J connectivity index is 1.96. The van der Waals surface area contributed by atoms with E-state index in [1.165, 1.54) is 6.07 Å². The molecule has 0 aliphatic carbocycles. The van der Waals surface area contributed by atoms with Gasteiger partial charge in [0.05, 0.1) is 23.0 Å². The number of nitrogens with two attached hydrogens (primary N) is 1. The zero-order valence-electron chi connectivity index (χ0n) is 11.0. The average Bonchev–Trinajstić information content (AvgIpc) is 2.48. The van der Waals surface area contributed by atoms with Crippen LogP contribution in [-0.4, -0.2) is 12.5 Å². The lowest BCUT2D eigenvalue weighted by atomic mass is 10.2. The van der Waals surface area contributed by atoms with Crippen LogP contribution in [0.3, 0.4) is 0 Å². The summed E-state index contributed by atoms with van der Waals surface area (Å²) in [5.74, 6) is 0.0712. The number of nitrogens with zero attached hydrogens (tertiary/aromatic N) is 1. The normalized spacial score (nSPS) is 9.71. The Morgan fingerprint density at radius 3 is 2.76 bits per heavy atom. The summed E-state index contributed by atoms with van der Waals surface area (Å²) in [7, 11) is 0. The second kappa shape index (κ2) is 6.77. The second-order valence-corrected chi connectivity index (χ2v) is 5.04. The van der Waals surface area contributed by atoms with Crippen molar-refractivity contribution in [3.63, 3.8) is 0 Å². The topological polar surface area (TPSA) is 88.1 Å². The largest absolute Gasteiger partial charge is 0.482 e. The van der Waals surface area contributed by atoms with Gasteiger partial charge >= 0.3 is 0 Å². The Labute approximate surface area is 130 Å². The Hall–Kier alpha value is -2.52. The number of hydrogen-bond acceptors (Lipinski definition) is 4. The van der Waals surface area contributed by atoms with Gasteiger partial charge in [0.25, 0.3) is 5.91 Å². The zero-order chi connectivity index (χ0) is 15.2. The zero-order valence-corrected chi connectivity index (χ0v) is 12.6. The summed E-state index contributed by atoms with van der Waals surface area (Å²) >= 11 is 3.34. The van der Waals surface area contributed by atoms with Crippen LogP contribution in [-0.2, 0) is 4.79 Å². The Bertz CT molecular complexity index is 710. The highest BCUT2D eigenvalue weighted by Crippen LogP contribution is 2.23. The van der Waals surface area contributed by atoms with E-state index in [9.17, 15) is 4.79 Å². The first-order valence-corrected chi connectivity index (χ1v) is 6.86. The van der Waals surface area contributed by atoms with E-state index in [1.807, 2.05) is 24.3 Å². The van der Waals surface area contributed by atoms with Gasteiger partial charge in [0.15, 0.2) is 6.61 Å². The molecule has 0 atom stereocenters. The lowest BCUT2D eigenvalue weighted by Gasteiger charge is -2.10. The number of amides is 1. The fraction of sp³-hybridized carbons (Fsp3) is 0.0667. The highest BCUT2D eigenvalue weighted by Gasteiger charge is 2.08. The number of hydrogen-bond donors (Lipinski definition) is 2. The van der Waals surface area contributed by atoms with Crippen molar-refractivity contribution in [1.29, 1.82) is 5.26 Å². The summed E-state index contributed by atoms with van der Waals surface area (Å²) in [5, 5.41) is 11.5. The van der Waals surface area contributed by atoms with Crippen molar-refractivity contribution >= 4 is 33.2 Å². The molecule has 0 saturated carbocycles. The summed E-state index contributed by atoms with van der Waals surface area (Å²) in [6.07, 6.45) is 0. The third-order valence-corrected chi connectivity index (χ3v) is 3.34. The molecule has 0 bridgehead atoms. The first kappa shape index (κ1) is 14.9. The van der Waals surface area contributed by atoms with Crippen molar-refractivity contribution in [2.45, 2.75) is 0 Å². The van der Waals surface area contributed by atoms with Gasteiger partial charge in [-0.05, 0) is 46.3 Å². The quantitative estimate of drug-likeness (QED) is 0.833. The molecular weight excluding hydrogens is 334 g/mol. The summed E-state index contributed by atoms with van der Waals surface area (Å²) in [5.41, 5.74) is 7.17. The van der Waals surface area contributed by atoms with Gasteiger partial charge in [0, 0.05) is 4.47 Å². The fourth-order valence-corrected chi connectivity index (χ4v) is 2.03. The number of nitrogens with one attached hydrogen (secondary N) is 1. The molecule has 0 unspecified atom stereocenters. The molecule has 0 aromatic heterocycles. The molecule has 6 heteroatoms. The summed E-state index contributed by atoms with van der Waals surface area (Å²) in [6.45, 7) is -0.169. The van der Waals surface area contributed by atoms with Crippen LogP contribution in [0, 0.1) is 11.3 Å². The van der Waals surface area contributed by atoms with Crippen molar-refractivity contribution in [2.24, 2.45) is 0 Å². The number of halogens is 1. The number of benzene rings is 2. The predicted octanol–water partition coefficient (Wildman–Crippen LogP) is 2.92. The molecule has 0 radical (unpaired) electrons. The Morgan fingerprint density at radius 2 is 2.10 bits per heavy atom. The summed E-state index contributed by atoms with van der Waals surface area (Å²) in [6, 6.07) is 13.9. The molecule has 5 nitrogen and oxygen atoms in total. The highest BCUT2D eigenvalue weighted by molar-refractivity contribution is 9.10. The highest BCUT2D eigenvalue weighted by atomic mass is 79.9. The third kappa shape index (κ3) is 3.97. The van der Waals surface area contributed by atoms with E-state index < -0.39 is 0 Å². The molecule has 2 rings (SSSR count). The Kier molecular flexibility index (Phi) is 4.80. The lowest BCUT2D eigenvalue weighted by molar-refractivity contribution is -0.118. The molecule has 0 fully saturated rings. The minimum Gasteiger partial charge on any atom is -0.482 e. The van der Waals surface area contributed by atoms with Crippen LogP contribution in [0.15, 0.2) is 46.9 Å². The minimum absolute atomic E-state index is 0.169. The van der Waals surface area contributed by atoms with E-state index in [2.05, 4.69) is 21.2 Å². The van der Waals surface area contributed by atoms with Crippen LogP contribution >= 0.6 is 15.9 Å². The van der Waals surface area contributed by atoms with Crippen LogP contribution in [0.5, 0.6) is 5.75 Å². The van der Waals surface area contributed by atoms with Crippen molar-refractivity contribution < 1.29 is 9.53 Å². The Morgan fingerprint density at radius 1 is 1.33 bits per heavy atom. The molecule has 21 heavy (non-hydrogen) atoms. The van der Waals surface area contributed by atoms with Crippen molar-refractivity contribution in [1.82, 2.24) is 0 Å².